The van der Waals surface area contributed by atoms with Crippen molar-refractivity contribution in [2.24, 2.45) is 5.10 Å². The fourth-order valence-electron chi connectivity index (χ4n) is 3.08. The summed E-state index contributed by atoms with van der Waals surface area (Å²) in [5, 5.41) is 6.65. The van der Waals surface area contributed by atoms with Crippen molar-refractivity contribution in [1.29, 1.82) is 0 Å². The molecule has 3 aromatic carbocycles. The average molecular weight is 324 g/mol. The predicted molar refractivity (Wildman–Crippen MR) is 106 cm³/mol. The lowest BCUT2D eigenvalue weighted by molar-refractivity contribution is 0.468. The molecule has 3 aromatic rings. The molecule has 0 atom stereocenters. The smallest absolute Gasteiger partial charge is 0.0672 e. The normalized spacial score (nSPS) is 14.1. The Balaban J connectivity index is 1.78. The number of benzene rings is 3. The van der Waals surface area contributed by atoms with Crippen molar-refractivity contribution in [2.75, 3.05) is 6.54 Å². The molecular weight excluding hydrogens is 304 g/mol. The van der Waals surface area contributed by atoms with Crippen molar-refractivity contribution in [2.45, 2.75) is 6.42 Å². The van der Waals surface area contributed by atoms with E-state index in [1.807, 2.05) is 18.3 Å². The molecule has 0 spiro atoms. The van der Waals surface area contributed by atoms with Crippen LogP contribution in [0, 0.1) is 0 Å². The van der Waals surface area contributed by atoms with Crippen LogP contribution in [0.25, 0.3) is 22.9 Å². The van der Waals surface area contributed by atoms with E-state index in [1.54, 1.807) is 0 Å². The van der Waals surface area contributed by atoms with Crippen LogP contribution in [0.15, 0.2) is 90.0 Å². The summed E-state index contributed by atoms with van der Waals surface area (Å²) < 4.78 is 0. The highest BCUT2D eigenvalue weighted by Crippen LogP contribution is 2.28. The molecule has 0 fully saturated rings. The van der Waals surface area contributed by atoms with Gasteiger partial charge in [-0.25, -0.2) is 0 Å². The second kappa shape index (κ2) is 7.18. The van der Waals surface area contributed by atoms with Crippen LogP contribution in [0.2, 0.25) is 0 Å². The van der Waals surface area contributed by atoms with E-state index in [9.17, 15) is 0 Å². The van der Waals surface area contributed by atoms with Crippen LogP contribution in [-0.4, -0.2) is 17.8 Å². The number of nitrogens with zero attached hydrogens (tertiary/aromatic N) is 2. The van der Waals surface area contributed by atoms with Gasteiger partial charge < -0.3 is 0 Å². The van der Waals surface area contributed by atoms with Crippen molar-refractivity contribution in [3.05, 3.63) is 96.1 Å². The third kappa shape index (κ3) is 3.53. The third-order valence-corrected chi connectivity index (χ3v) is 4.34. The van der Waals surface area contributed by atoms with Gasteiger partial charge in [-0.1, -0.05) is 78.9 Å². The molecule has 0 amide bonds. The number of hydrogen-bond acceptors (Lipinski definition) is 2. The Bertz CT molecular complexity index is 896. The lowest BCUT2D eigenvalue weighted by Gasteiger charge is -2.19. The van der Waals surface area contributed by atoms with Gasteiger partial charge in [-0.2, -0.15) is 5.10 Å². The minimum Gasteiger partial charge on any atom is -0.265 e. The van der Waals surface area contributed by atoms with Crippen molar-refractivity contribution in [3.63, 3.8) is 0 Å². The monoisotopic (exact) mass is 324 g/mol. The zero-order valence-electron chi connectivity index (χ0n) is 14.0. The van der Waals surface area contributed by atoms with Gasteiger partial charge in [0.25, 0.3) is 0 Å². The fraction of sp³-hybridized carbons (Fsp3) is 0.0870. The van der Waals surface area contributed by atoms with E-state index in [4.69, 9.17) is 0 Å². The maximum Gasteiger partial charge on any atom is 0.0672 e. The average Bonchev–Trinajstić information content (AvgIpc) is 3.22. The largest absolute Gasteiger partial charge is 0.265 e. The molecule has 0 bridgehead atoms. The van der Waals surface area contributed by atoms with Gasteiger partial charge in [0.15, 0.2) is 0 Å². The molecular formula is C23H20N2. The van der Waals surface area contributed by atoms with E-state index in [-0.39, 0.29) is 0 Å². The molecule has 4 rings (SSSR count). The Morgan fingerprint density at radius 3 is 2.24 bits per heavy atom. The molecule has 25 heavy (non-hydrogen) atoms. The zero-order valence-corrected chi connectivity index (χ0v) is 14.0. The van der Waals surface area contributed by atoms with Crippen molar-refractivity contribution >= 4 is 18.0 Å². The molecule has 0 saturated heterocycles. The summed E-state index contributed by atoms with van der Waals surface area (Å²) in [4.78, 5) is 0. The van der Waals surface area contributed by atoms with Gasteiger partial charge in [0.2, 0.25) is 0 Å². The summed E-state index contributed by atoms with van der Waals surface area (Å²) in [6.45, 7) is 0.925. The van der Waals surface area contributed by atoms with Crippen LogP contribution >= 0.6 is 0 Å². The van der Waals surface area contributed by atoms with E-state index >= 15 is 0 Å². The van der Waals surface area contributed by atoms with Crippen LogP contribution < -0.4 is 0 Å². The quantitative estimate of drug-likeness (QED) is 0.575. The first-order valence-corrected chi connectivity index (χ1v) is 8.63. The lowest BCUT2D eigenvalue weighted by Crippen LogP contribution is -2.12. The summed E-state index contributed by atoms with van der Waals surface area (Å²) in [5.41, 5.74) is 5.96. The van der Waals surface area contributed by atoms with E-state index in [0.29, 0.717) is 0 Å². The number of hydrogen-bond donors (Lipinski definition) is 0. The summed E-state index contributed by atoms with van der Waals surface area (Å²) >= 11 is 0. The van der Waals surface area contributed by atoms with Gasteiger partial charge in [0.05, 0.1) is 5.70 Å². The van der Waals surface area contributed by atoms with Crippen LogP contribution in [0.3, 0.4) is 0 Å². The maximum atomic E-state index is 4.55. The standard InChI is InChI=1S/C23H20N2/c1-3-9-19(10-4-1)17-23(25-16-8-15-24-25)22-14-7-13-21(18-22)20-11-5-2-6-12-20/h1-7,9-15,17-18H,8,16H2. The van der Waals surface area contributed by atoms with Crippen molar-refractivity contribution in [3.8, 4) is 11.1 Å². The first-order valence-electron chi connectivity index (χ1n) is 8.63. The second-order valence-corrected chi connectivity index (χ2v) is 6.10. The minimum atomic E-state index is 0.925. The Labute approximate surface area is 148 Å². The van der Waals surface area contributed by atoms with Crippen molar-refractivity contribution in [1.82, 2.24) is 5.01 Å². The van der Waals surface area contributed by atoms with Gasteiger partial charge >= 0.3 is 0 Å². The van der Waals surface area contributed by atoms with E-state index < -0.39 is 0 Å². The Morgan fingerprint density at radius 1 is 0.800 bits per heavy atom. The molecule has 0 unspecified atom stereocenters. The molecule has 0 aliphatic carbocycles. The fourth-order valence-corrected chi connectivity index (χ4v) is 3.08. The highest BCUT2D eigenvalue weighted by molar-refractivity contribution is 5.83. The summed E-state index contributed by atoms with van der Waals surface area (Å²) in [6.07, 6.45) is 5.19. The topological polar surface area (TPSA) is 15.6 Å². The van der Waals surface area contributed by atoms with Gasteiger partial charge in [-0.3, -0.25) is 5.01 Å². The van der Waals surface area contributed by atoms with Gasteiger partial charge in [-0.15, -0.1) is 0 Å². The molecule has 1 heterocycles. The van der Waals surface area contributed by atoms with Gasteiger partial charge in [-0.05, 0) is 28.8 Å². The molecule has 2 heteroatoms. The molecule has 122 valence electrons. The minimum absolute atomic E-state index is 0.925. The van der Waals surface area contributed by atoms with Crippen LogP contribution in [0.4, 0.5) is 0 Å². The van der Waals surface area contributed by atoms with E-state index in [1.165, 1.54) is 22.3 Å². The first-order chi connectivity index (χ1) is 12.4. The van der Waals surface area contributed by atoms with E-state index in [2.05, 4.69) is 89.0 Å². The zero-order chi connectivity index (χ0) is 16.9. The SMILES string of the molecule is C1=NN(C(=Cc2ccccc2)c2cccc(-c3ccccc3)c2)CC1. The molecule has 0 radical (unpaired) electrons. The molecule has 1 aliphatic heterocycles. The summed E-state index contributed by atoms with van der Waals surface area (Å²) in [6, 6.07) is 29.6. The van der Waals surface area contributed by atoms with E-state index in [0.717, 1.165) is 18.7 Å². The van der Waals surface area contributed by atoms with Crippen LogP contribution in [0.1, 0.15) is 17.5 Å². The molecule has 0 N–H and O–H groups in total. The van der Waals surface area contributed by atoms with Gasteiger partial charge in [0.1, 0.15) is 0 Å². The van der Waals surface area contributed by atoms with Gasteiger partial charge in [0, 0.05) is 24.7 Å². The first kappa shape index (κ1) is 15.4. The van der Waals surface area contributed by atoms with Crippen LogP contribution in [0.5, 0.6) is 0 Å². The number of hydrazone groups is 1. The third-order valence-electron chi connectivity index (χ3n) is 4.34. The predicted octanol–water partition coefficient (Wildman–Crippen LogP) is 5.54. The molecule has 2 nitrogen and oxygen atoms in total. The maximum absolute atomic E-state index is 4.55. The Kier molecular flexibility index (Phi) is 4.42. The highest BCUT2D eigenvalue weighted by Gasteiger charge is 2.14. The molecule has 1 aliphatic rings. The summed E-state index contributed by atoms with van der Waals surface area (Å²) in [5.74, 6) is 0. The molecule has 0 saturated carbocycles. The number of rotatable bonds is 4. The second-order valence-electron chi connectivity index (χ2n) is 6.10. The van der Waals surface area contributed by atoms with Crippen LogP contribution in [-0.2, 0) is 0 Å². The summed E-state index contributed by atoms with van der Waals surface area (Å²) in [7, 11) is 0. The Morgan fingerprint density at radius 2 is 1.52 bits per heavy atom. The molecule has 0 aromatic heterocycles. The van der Waals surface area contributed by atoms with Crippen molar-refractivity contribution < 1.29 is 0 Å². The Hall–Kier alpha value is -3.13. The highest BCUT2D eigenvalue weighted by atomic mass is 15.5. The lowest BCUT2D eigenvalue weighted by atomic mass is 10.0.